The van der Waals surface area contributed by atoms with Gasteiger partial charge in [0.15, 0.2) is 0 Å². The molecule has 0 aromatic heterocycles. The van der Waals surface area contributed by atoms with Crippen molar-refractivity contribution in [2.24, 2.45) is 0 Å². The maximum Gasteiger partial charge on any atom is 0.144 e. The van der Waals surface area contributed by atoms with Crippen molar-refractivity contribution in [2.75, 3.05) is 17.7 Å². The Morgan fingerprint density at radius 3 is 2.75 bits per heavy atom. The topological polar surface area (TPSA) is 47.3 Å². The first-order valence-corrected chi connectivity index (χ1v) is 6.64. The van der Waals surface area contributed by atoms with Gasteiger partial charge in [0.05, 0.1) is 12.3 Å². The monoisotopic (exact) mass is 274 g/mol. The van der Waals surface area contributed by atoms with Crippen molar-refractivity contribution < 1.29 is 9.13 Å². The van der Waals surface area contributed by atoms with Crippen LogP contribution in [0.1, 0.15) is 25.5 Å². The van der Waals surface area contributed by atoms with E-state index in [1.807, 2.05) is 32.0 Å². The Bertz CT molecular complexity index is 586. The van der Waals surface area contributed by atoms with Crippen LogP contribution in [-0.4, -0.2) is 6.61 Å². The molecule has 2 aromatic carbocycles. The summed E-state index contributed by atoms with van der Waals surface area (Å²) in [5, 5.41) is 3.31. The largest absolute Gasteiger partial charge is 0.492 e. The van der Waals surface area contributed by atoms with Gasteiger partial charge in [-0.05, 0) is 43.7 Å². The highest BCUT2D eigenvalue weighted by molar-refractivity contribution is 5.61. The molecule has 0 spiro atoms. The number of ether oxygens (including phenoxy) is 1. The average molecular weight is 274 g/mol. The number of anilines is 2. The predicted octanol–water partition coefficient (Wildman–Crippen LogP) is 3.98. The molecule has 0 aliphatic heterocycles. The number of nitrogens with one attached hydrogen (secondary N) is 1. The second-order valence-electron chi connectivity index (χ2n) is 4.61. The number of benzene rings is 2. The van der Waals surface area contributed by atoms with E-state index in [9.17, 15) is 4.39 Å². The summed E-state index contributed by atoms with van der Waals surface area (Å²) in [6.07, 6.45) is 0. The highest BCUT2D eigenvalue weighted by atomic mass is 19.1. The predicted molar refractivity (Wildman–Crippen MR) is 80.5 cm³/mol. The fourth-order valence-electron chi connectivity index (χ4n) is 2.01. The molecule has 0 aliphatic carbocycles. The standard InChI is InChI=1S/C16H19FN2O/c1-3-20-16-10-14(7-8-15(16)18)19-11(2)12-5-4-6-13(17)9-12/h4-11,19H,3,18H2,1-2H3. The van der Waals surface area contributed by atoms with Crippen molar-refractivity contribution in [3.8, 4) is 5.75 Å². The fourth-order valence-corrected chi connectivity index (χ4v) is 2.01. The van der Waals surface area contributed by atoms with E-state index in [2.05, 4.69) is 5.32 Å². The van der Waals surface area contributed by atoms with Crippen molar-refractivity contribution >= 4 is 11.4 Å². The number of hydrogen-bond acceptors (Lipinski definition) is 3. The number of rotatable bonds is 5. The summed E-state index contributed by atoms with van der Waals surface area (Å²) in [5.41, 5.74) is 8.22. The van der Waals surface area contributed by atoms with Gasteiger partial charge < -0.3 is 15.8 Å². The van der Waals surface area contributed by atoms with Crippen molar-refractivity contribution in [2.45, 2.75) is 19.9 Å². The van der Waals surface area contributed by atoms with Gasteiger partial charge >= 0.3 is 0 Å². The molecule has 0 saturated heterocycles. The molecule has 1 unspecified atom stereocenters. The fraction of sp³-hybridized carbons (Fsp3) is 0.250. The van der Waals surface area contributed by atoms with Crippen LogP contribution in [0.3, 0.4) is 0 Å². The highest BCUT2D eigenvalue weighted by Crippen LogP contribution is 2.28. The average Bonchev–Trinajstić information content (AvgIpc) is 2.43. The van der Waals surface area contributed by atoms with Crippen molar-refractivity contribution in [3.63, 3.8) is 0 Å². The van der Waals surface area contributed by atoms with Gasteiger partial charge in [0.2, 0.25) is 0 Å². The lowest BCUT2D eigenvalue weighted by Crippen LogP contribution is -2.07. The van der Waals surface area contributed by atoms with Gasteiger partial charge in [-0.25, -0.2) is 4.39 Å². The minimum absolute atomic E-state index is 0.0104. The number of nitrogens with two attached hydrogens (primary N) is 1. The van der Waals surface area contributed by atoms with Crippen LogP contribution >= 0.6 is 0 Å². The summed E-state index contributed by atoms with van der Waals surface area (Å²) in [7, 11) is 0. The highest BCUT2D eigenvalue weighted by Gasteiger charge is 2.08. The first-order valence-electron chi connectivity index (χ1n) is 6.64. The van der Waals surface area contributed by atoms with Gasteiger partial charge in [0, 0.05) is 17.8 Å². The van der Waals surface area contributed by atoms with Gasteiger partial charge in [-0.15, -0.1) is 0 Å². The van der Waals surface area contributed by atoms with Gasteiger partial charge in [-0.2, -0.15) is 0 Å². The van der Waals surface area contributed by atoms with Crippen LogP contribution in [0.25, 0.3) is 0 Å². The van der Waals surface area contributed by atoms with Gasteiger partial charge in [-0.1, -0.05) is 12.1 Å². The quantitative estimate of drug-likeness (QED) is 0.811. The Morgan fingerprint density at radius 2 is 2.05 bits per heavy atom. The smallest absolute Gasteiger partial charge is 0.144 e. The molecule has 106 valence electrons. The first-order chi connectivity index (χ1) is 9.60. The van der Waals surface area contributed by atoms with E-state index in [1.165, 1.54) is 12.1 Å². The maximum absolute atomic E-state index is 13.2. The molecular weight excluding hydrogens is 255 g/mol. The van der Waals surface area contributed by atoms with Crippen LogP contribution in [0, 0.1) is 5.82 Å². The van der Waals surface area contributed by atoms with Crippen LogP contribution in [0.2, 0.25) is 0 Å². The molecule has 3 nitrogen and oxygen atoms in total. The molecular formula is C16H19FN2O. The SMILES string of the molecule is CCOc1cc(NC(C)c2cccc(F)c2)ccc1N. The molecule has 0 bridgehead atoms. The van der Waals surface area contributed by atoms with E-state index in [0.29, 0.717) is 18.0 Å². The number of nitrogen functional groups attached to an aromatic ring is 1. The Morgan fingerprint density at radius 1 is 1.25 bits per heavy atom. The second kappa shape index (κ2) is 6.28. The van der Waals surface area contributed by atoms with Crippen LogP contribution < -0.4 is 15.8 Å². The second-order valence-corrected chi connectivity index (χ2v) is 4.61. The summed E-state index contributed by atoms with van der Waals surface area (Å²) in [6.45, 7) is 4.45. The number of hydrogen-bond donors (Lipinski definition) is 2. The lowest BCUT2D eigenvalue weighted by atomic mass is 10.1. The minimum atomic E-state index is -0.233. The molecule has 0 radical (unpaired) electrons. The molecule has 0 heterocycles. The van der Waals surface area contributed by atoms with Gasteiger partial charge in [0.1, 0.15) is 11.6 Å². The Labute approximate surface area is 118 Å². The summed E-state index contributed by atoms with van der Waals surface area (Å²) in [5.74, 6) is 0.424. The van der Waals surface area contributed by atoms with E-state index >= 15 is 0 Å². The lowest BCUT2D eigenvalue weighted by Gasteiger charge is -2.17. The van der Waals surface area contributed by atoms with E-state index < -0.39 is 0 Å². The lowest BCUT2D eigenvalue weighted by molar-refractivity contribution is 0.342. The molecule has 2 aromatic rings. The third-order valence-corrected chi connectivity index (χ3v) is 3.05. The molecule has 4 heteroatoms. The maximum atomic E-state index is 13.2. The van der Waals surface area contributed by atoms with Crippen molar-refractivity contribution in [3.05, 3.63) is 53.8 Å². The molecule has 0 amide bonds. The summed E-state index contributed by atoms with van der Waals surface area (Å²) in [6, 6.07) is 12.1. The Kier molecular flexibility index (Phi) is 4.45. The molecule has 20 heavy (non-hydrogen) atoms. The zero-order valence-corrected chi connectivity index (χ0v) is 11.7. The Hall–Kier alpha value is -2.23. The van der Waals surface area contributed by atoms with Crippen LogP contribution in [0.15, 0.2) is 42.5 Å². The third kappa shape index (κ3) is 3.41. The molecule has 0 aliphatic rings. The van der Waals surface area contributed by atoms with E-state index in [1.54, 1.807) is 12.1 Å². The van der Waals surface area contributed by atoms with Crippen LogP contribution in [-0.2, 0) is 0 Å². The minimum Gasteiger partial charge on any atom is -0.492 e. The Balaban J connectivity index is 2.15. The van der Waals surface area contributed by atoms with E-state index in [0.717, 1.165) is 11.3 Å². The zero-order valence-electron chi connectivity index (χ0n) is 11.7. The van der Waals surface area contributed by atoms with Crippen molar-refractivity contribution in [1.82, 2.24) is 0 Å². The van der Waals surface area contributed by atoms with Crippen LogP contribution in [0.5, 0.6) is 5.75 Å². The van der Waals surface area contributed by atoms with Gasteiger partial charge in [0.25, 0.3) is 0 Å². The molecule has 2 rings (SSSR count). The number of halogens is 1. The summed E-state index contributed by atoms with van der Waals surface area (Å²) in [4.78, 5) is 0. The van der Waals surface area contributed by atoms with Crippen molar-refractivity contribution in [1.29, 1.82) is 0 Å². The van der Waals surface area contributed by atoms with Gasteiger partial charge in [-0.3, -0.25) is 0 Å². The van der Waals surface area contributed by atoms with E-state index in [4.69, 9.17) is 10.5 Å². The normalized spacial score (nSPS) is 11.9. The molecule has 1 atom stereocenters. The molecule has 0 fully saturated rings. The first kappa shape index (κ1) is 14.2. The molecule has 0 saturated carbocycles. The molecule has 3 N–H and O–H groups in total. The third-order valence-electron chi connectivity index (χ3n) is 3.05. The van der Waals surface area contributed by atoms with Crippen LogP contribution in [0.4, 0.5) is 15.8 Å². The zero-order chi connectivity index (χ0) is 14.5. The van der Waals surface area contributed by atoms with E-state index in [-0.39, 0.29) is 11.9 Å². The summed E-state index contributed by atoms with van der Waals surface area (Å²) < 4.78 is 18.7. The summed E-state index contributed by atoms with van der Waals surface area (Å²) >= 11 is 0.